The zero-order chi connectivity index (χ0) is 15.0. The van der Waals surface area contributed by atoms with E-state index in [1.54, 1.807) is 0 Å². The summed E-state index contributed by atoms with van der Waals surface area (Å²) in [6.45, 7) is 9.73. The van der Waals surface area contributed by atoms with Crippen molar-refractivity contribution in [3.8, 4) is 5.75 Å². The van der Waals surface area contributed by atoms with Gasteiger partial charge in [-0.25, -0.2) is 0 Å². The fourth-order valence-corrected chi connectivity index (χ4v) is 2.41. The molecular formula is C18H29ClO. The van der Waals surface area contributed by atoms with Gasteiger partial charge in [-0.1, -0.05) is 65.0 Å². The normalized spacial score (nSPS) is 11.7. The lowest BCUT2D eigenvalue weighted by Gasteiger charge is -2.26. The molecule has 1 aromatic carbocycles. The summed E-state index contributed by atoms with van der Waals surface area (Å²) in [4.78, 5) is 0. The topological polar surface area (TPSA) is 9.23 Å². The summed E-state index contributed by atoms with van der Waals surface area (Å²) in [5.41, 5.74) is 1.32. The van der Waals surface area contributed by atoms with Gasteiger partial charge in [-0.3, -0.25) is 0 Å². The van der Waals surface area contributed by atoms with Crippen molar-refractivity contribution < 1.29 is 4.74 Å². The van der Waals surface area contributed by atoms with Gasteiger partial charge in [0.05, 0.1) is 6.61 Å². The Balaban J connectivity index is 2.61. The largest absolute Gasteiger partial charge is 0.493 e. The van der Waals surface area contributed by atoms with E-state index in [1.165, 1.54) is 31.2 Å². The van der Waals surface area contributed by atoms with Crippen LogP contribution >= 0.6 is 11.6 Å². The standard InChI is InChI=1S/C18H29ClO/c1-5-7-8-9-10-13-20-17-12-11-15(19)14-16(17)18(3,4)6-2/h11-12,14H,5-10,13H2,1-4H3. The monoisotopic (exact) mass is 296 g/mol. The maximum Gasteiger partial charge on any atom is 0.123 e. The second-order valence-corrected chi connectivity index (χ2v) is 6.58. The molecule has 0 aliphatic carbocycles. The smallest absolute Gasteiger partial charge is 0.123 e. The minimum atomic E-state index is 0.0996. The molecule has 0 amide bonds. The highest BCUT2D eigenvalue weighted by atomic mass is 35.5. The molecule has 0 fully saturated rings. The van der Waals surface area contributed by atoms with Gasteiger partial charge in [0.2, 0.25) is 0 Å². The summed E-state index contributed by atoms with van der Waals surface area (Å²) < 4.78 is 6.00. The molecule has 0 aromatic heterocycles. The lowest BCUT2D eigenvalue weighted by molar-refractivity contribution is 0.294. The second kappa shape index (κ2) is 8.56. The predicted octanol–water partition coefficient (Wildman–Crippen LogP) is 6.38. The first-order valence-electron chi connectivity index (χ1n) is 7.94. The van der Waals surface area contributed by atoms with E-state index in [1.807, 2.05) is 12.1 Å². The first kappa shape index (κ1) is 17.4. The summed E-state index contributed by atoms with van der Waals surface area (Å²) >= 11 is 6.14. The van der Waals surface area contributed by atoms with E-state index in [4.69, 9.17) is 16.3 Å². The fourth-order valence-electron chi connectivity index (χ4n) is 2.24. The Bertz CT molecular complexity index is 398. The number of hydrogen-bond acceptors (Lipinski definition) is 1. The van der Waals surface area contributed by atoms with Crippen LogP contribution in [0.25, 0.3) is 0 Å². The molecule has 0 saturated carbocycles. The van der Waals surface area contributed by atoms with Gasteiger partial charge in [0.15, 0.2) is 0 Å². The highest BCUT2D eigenvalue weighted by Gasteiger charge is 2.22. The molecule has 0 saturated heterocycles. The summed E-state index contributed by atoms with van der Waals surface area (Å²) in [5.74, 6) is 0.997. The number of ether oxygens (including phenoxy) is 1. The number of halogens is 1. The molecule has 0 radical (unpaired) electrons. The van der Waals surface area contributed by atoms with Gasteiger partial charge < -0.3 is 4.74 Å². The van der Waals surface area contributed by atoms with E-state index in [9.17, 15) is 0 Å². The van der Waals surface area contributed by atoms with Gasteiger partial charge in [-0.15, -0.1) is 0 Å². The van der Waals surface area contributed by atoms with Crippen LogP contribution in [0.2, 0.25) is 5.02 Å². The molecule has 20 heavy (non-hydrogen) atoms. The van der Waals surface area contributed by atoms with E-state index >= 15 is 0 Å². The van der Waals surface area contributed by atoms with Crippen LogP contribution in [0, 0.1) is 0 Å². The van der Waals surface area contributed by atoms with Crippen molar-refractivity contribution in [2.45, 2.75) is 71.6 Å². The average molecular weight is 297 g/mol. The van der Waals surface area contributed by atoms with Crippen molar-refractivity contribution in [1.29, 1.82) is 0 Å². The molecular weight excluding hydrogens is 268 g/mol. The van der Waals surface area contributed by atoms with Crippen LogP contribution in [0.5, 0.6) is 5.75 Å². The molecule has 1 aromatic rings. The van der Waals surface area contributed by atoms with E-state index in [0.717, 1.165) is 30.2 Å². The third-order valence-corrected chi connectivity index (χ3v) is 4.30. The van der Waals surface area contributed by atoms with Crippen molar-refractivity contribution in [2.24, 2.45) is 0 Å². The first-order chi connectivity index (χ1) is 9.51. The molecule has 2 heteroatoms. The molecule has 0 N–H and O–H groups in total. The van der Waals surface area contributed by atoms with E-state index in [-0.39, 0.29) is 5.41 Å². The maximum atomic E-state index is 6.14. The molecule has 0 atom stereocenters. The van der Waals surface area contributed by atoms with Crippen LogP contribution in [0.1, 0.15) is 71.8 Å². The second-order valence-electron chi connectivity index (χ2n) is 6.14. The summed E-state index contributed by atoms with van der Waals surface area (Å²) in [7, 11) is 0. The Morgan fingerprint density at radius 2 is 1.75 bits per heavy atom. The highest BCUT2D eigenvalue weighted by Crippen LogP contribution is 2.36. The van der Waals surface area contributed by atoms with Crippen LogP contribution in [-0.2, 0) is 5.41 Å². The van der Waals surface area contributed by atoms with Gasteiger partial charge in [0, 0.05) is 10.6 Å². The van der Waals surface area contributed by atoms with Crippen molar-refractivity contribution >= 4 is 11.6 Å². The zero-order valence-corrected chi connectivity index (χ0v) is 14.2. The average Bonchev–Trinajstić information content (AvgIpc) is 2.44. The Hall–Kier alpha value is -0.690. The van der Waals surface area contributed by atoms with Gasteiger partial charge in [0.1, 0.15) is 5.75 Å². The van der Waals surface area contributed by atoms with Crippen molar-refractivity contribution in [2.75, 3.05) is 6.61 Å². The number of unbranched alkanes of at least 4 members (excludes halogenated alkanes) is 4. The van der Waals surface area contributed by atoms with Crippen LogP contribution in [0.15, 0.2) is 18.2 Å². The van der Waals surface area contributed by atoms with Gasteiger partial charge in [0.25, 0.3) is 0 Å². The third kappa shape index (κ3) is 5.36. The van der Waals surface area contributed by atoms with Crippen molar-refractivity contribution in [1.82, 2.24) is 0 Å². The Labute approximate surface area is 129 Å². The van der Waals surface area contributed by atoms with Gasteiger partial charge in [-0.2, -0.15) is 0 Å². The Morgan fingerprint density at radius 3 is 2.40 bits per heavy atom. The minimum absolute atomic E-state index is 0.0996. The lowest BCUT2D eigenvalue weighted by atomic mass is 9.82. The summed E-state index contributed by atoms with van der Waals surface area (Å²) in [6, 6.07) is 5.99. The van der Waals surface area contributed by atoms with E-state index in [2.05, 4.69) is 33.8 Å². The highest BCUT2D eigenvalue weighted by molar-refractivity contribution is 6.30. The fraction of sp³-hybridized carbons (Fsp3) is 0.667. The zero-order valence-electron chi connectivity index (χ0n) is 13.5. The number of rotatable bonds is 9. The minimum Gasteiger partial charge on any atom is -0.493 e. The Kier molecular flexibility index (Phi) is 7.43. The number of hydrogen-bond donors (Lipinski definition) is 0. The summed E-state index contributed by atoms with van der Waals surface area (Å²) in [6.07, 6.45) is 7.39. The Morgan fingerprint density at radius 1 is 1.05 bits per heavy atom. The summed E-state index contributed by atoms with van der Waals surface area (Å²) in [5, 5.41) is 0.789. The van der Waals surface area contributed by atoms with Gasteiger partial charge >= 0.3 is 0 Å². The molecule has 0 bridgehead atoms. The lowest BCUT2D eigenvalue weighted by Crippen LogP contribution is -2.17. The van der Waals surface area contributed by atoms with Crippen LogP contribution in [0.4, 0.5) is 0 Å². The maximum absolute atomic E-state index is 6.14. The number of benzene rings is 1. The van der Waals surface area contributed by atoms with E-state index in [0.29, 0.717) is 0 Å². The van der Waals surface area contributed by atoms with Crippen LogP contribution in [-0.4, -0.2) is 6.61 Å². The predicted molar refractivity (Wildman–Crippen MR) is 89.0 cm³/mol. The molecule has 1 nitrogen and oxygen atoms in total. The van der Waals surface area contributed by atoms with Crippen molar-refractivity contribution in [3.63, 3.8) is 0 Å². The molecule has 1 rings (SSSR count). The molecule has 0 aliphatic rings. The first-order valence-corrected chi connectivity index (χ1v) is 8.32. The quantitative estimate of drug-likeness (QED) is 0.481. The van der Waals surface area contributed by atoms with E-state index < -0.39 is 0 Å². The third-order valence-electron chi connectivity index (χ3n) is 4.06. The molecule has 0 spiro atoms. The molecule has 114 valence electrons. The van der Waals surface area contributed by atoms with Gasteiger partial charge in [-0.05, 0) is 36.5 Å². The SMILES string of the molecule is CCCCCCCOc1ccc(Cl)cc1C(C)(C)CC. The van der Waals surface area contributed by atoms with Crippen LogP contribution in [0.3, 0.4) is 0 Å². The molecule has 0 unspecified atom stereocenters. The van der Waals surface area contributed by atoms with Crippen molar-refractivity contribution in [3.05, 3.63) is 28.8 Å². The van der Waals surface area contributed by atoms with Crippen LogP contribution < -0.4 is 4.74 Å². The molecule has 0 aliphatic heterocycles. The molecule has 0 heterocycles.